The summed E-state index contributed by atoms with van der Waals surface area (Å²) in [4.78, 5) is 24.3. The summed E-state index contributed by atoms with van der Waals surface area (Å²) in [6.45, 7) is 4.08. The van der Waals surface area contributed by atoms with Gasteiger partial charge < -0.3 is 14.6 Å². The highest BCUT2D eigenvalue weighted by atomic mass is 16.6. The first kappa shape index (κ1) is 46.4. The predicted octanol–water partition coefficient (Wildman–Crippen LogP) is 13.1. The topological polar surface area (TPSA) is 72.8 Å². The molecular weight excluding hydrogens is 596 g/mol. The van der Waals surface area contributed by atoms with Gasteiger partial charge in [0.25, 0.3) is 0 Å². The van der Waals surface area contributed by atoms with Gasteiger partial charge in [0.1, 0.15) is 6.61 Å². The molecule has 0 aromatic heterocycles. The molecule has 0 aliphatic carbocycles. The van der Waals surface area contributed by atoms with Crippen LogP contribution in [0, 0.1) is 0 Å². The second kappa shape index (κ2) is 39.8. The Bertz CT molecular complexity index is 731. The molecule has 0 saturated heterocycles. The van der Waals surface area contributed by atoms with Crippen molar-refractivity contribution in [2.45, 2.75) is 225 Å². The van der Waals surface area contributed by atoms with Crippen LogP contribution in [0.3, 0.4) is 0 Å². The molecule has 5 heteroatoms. The van der Waals surface area contributed by atoms with E-state index in [1.165, 1.54) is 135 Å². The summed E-state index contributed by atoms with van der Waals surface area (Å²) >= 11 is 0. The van der Waals surface area contributed by atoms with Gasteiger partial charge in [-0.3, -0.25) is 9.59 Å². The minimum atomic E-state index is -0.773. The summed E-state index contributed by atoms with van der Waals surface area (Å²) in [6, 6.07) is 0. The zero-order chi connectivity index (χ0) is 35.0. The number of ether oxygens (including phenoxy) is 2. The van der Waals surface area contributed by atoms with E-state index in [-0.39, 0.29) is 25.2 Å². The molecule has 0 spiro atoms. The van der Waals surface area contributed by atoms with E-state index in [2.05, 4.69) is 38.2 Å². The molecule has 282 valence electrons. The van der Waals surface area contributed by atoms with E-state index >= 15 is 0 Å². The van der Waals surface area contributed by atoms with Crippen LogP contribution < -0.4 is 0 Å². The van der Waals surface area contributed by atoms with Gasteiger partial charge in [0.05, 0.1) is 6.61 Å². The van der Waals surface area contributed by atoms with Gasteiger partial charge in [-0.05, 0) is 38.5 Å². The van der Waals surface area contributed by atoms with Crippen molar-refractivity contribution >= 4 is 11.9 Å². The van der Waals surface area contributed by atoms with Crippen LogP contribution in [-0.4, -0.2) is 36.4 Å². The molecule has 0 bridgehead atoms. The lowest BCUT2D eigenvalue weighted by Gasteiger charge is -2.15. The third kappa shape index (κ3) is 37.2. The predicted molar refractivity (Wildman–Crippen MR) is 205 cm³/mol. The maximum Gasteiger partial charge on any atom is 0.306 e. The smallest absolute Gasteiger partial charge is 0.306 e. The highest BCUT2D eigenvalue weighted by Crippen LogP contribution is 2.16. The van der Waals surface area contributed by atoms with E-state index in [1.54, 1.807) is 0 Å². The number of esters is 2. The minimum absolute atomic E-state index is 0.0672. The van der Waals surface area contributed by atoms with Crippen molar-refractivity contribution in [2.24, 2.45) is 0 Å². The number of hydrogen-bond donors (Lipinski definition) is 1. The fourth-order valence-corrected chi connectivity index (χ4v) is 6.06. The number of hydrogen-bond acceptors (Lipinski definition) is 5. The number of unbranched alkanes of at least 4 members (excludes halogenated alkanes) is 26. The van der Waals surface area contributed by atoms with E-state index in [0.29, 0.717) is 12.8 Å². The summed E-state index contributed by atoms with van der Waals surface area (Å²) in [5.41, 5.74) is 0. The normalized spacial score (nSPS) is 12.3. The Morgan fingerprint density at radius 3 is 1.31 bits per heavy atom. The Balaban J connectivity index is 3.48. The molecule has 0 fully saturated rings. The van der Waals surface area contributed by atoms with Gasteiger partial charge in [-0.25, -0.2) is 0 Å². The Morgan fingerprint density at radius 1 is 0.479 bits per heavy atom. The molecule has 0 aliphatic heterocycles. The van der Waals surface area contributed by atoms with Crippen LogP contribution in [0.4, 0.5) is 0 Å². The average molecular weight is 677 g/mol. The number of aliphatic hydroxyl groups is 1. The van der Waals surface area contributed by atoms with E-state index in [9.17, 15) is 14.7 Å². The van der Waals surface area contributed by atoms with E-state index in [1.807, 2.05) is 0 Å². The lowest BCUT2D eigenvalue weighted by Crippen LogP contribution is -2.28. The maximum atomic E-state index is 12.1. The summed E-state index contributed by atoms with van der Waals surface area (Å²) in [6.07, 6.45) is 46.8. The van der Waals surface area contributed by atoms with Crippen LogP contribution in [0.25, 0.3) is 0 Å². The number of carbonyl (C=O) groups is 2. The van der Waals surface area contributed by atoms with Crippen molar-refractivity contribution in [1.29, 1.82) is 0 Å². The number of rotatable bonds is 38. The Labute approximate surface area is 298 Å². The van der Waals surface area contributed by atoms with Gasteiger partial charge in [0, 0.05) is 12.8 Å². The van der Waals surface area contributed by atoms with Crippen LogP contribution in [0.2, 0.25) is 0 Å². The van der Waals surface area contributed by atoms with Crippen molar-refractivity contribution < 1.29 is 24.2 Å². The van der Waals surface area contributed by atoms with Crippen molar-refractivity contribution in [2.75, 3.05) is 13.2 Å². The standard InChI is InChI=1S/C43H80O5/c1-3-5-7-9-11-13-15-17-18-19-20-21-22-23-24-26-27-29-31-33-35-37-42(45)47-40-41(39-44)48-43(46)38-36-34-32-30-28-25-16-14-12-10-8-6-4-2/h8,10,14,16,41,44H,3-7,9,11-13,15,17-40H2,1-2H3/b10-8-,16-14-. The van der Waals surface area contributed by atoms with Crippen LogP contribution in [-0.2, 0) is 19.1 Å². The largest absolute Gasteiger partial charge is 0.462 e. The number of carbonyl (C=O) groups excluding carboxylic acids is 2. The molecule has 0 aliphatic rings. The molecule has 1 atom stereocenters. The second-order valence-electron chi connectivity index (χ2n) is 14.1. The first-order chi connectivity index (χ1) is 23.6. The molecule has 0 radical (unpaired) electrons. The lowest BCUT2D eigenvalue weighted by molar-refractivity contribution is -0.161. The van der Waals surface area contributed by atoms with Gasteiger partial charge in [-0.15, -0.1) is 0 Å². The zero-order valence-corrected chi connectivity index (χ0v) is 32.0. The fourth-order valence-electron chi connectivity index (χ4n) is 6.06. The maximum absolute atomic E-state index is 12.1. The van der Waals surface area contributed by atoms with E-state index < -0.39 is 6.10 Å². The quantitative estimate of drug-likeness (QED) is 0.0400. The third-order valence-corrected chi connectivity index (χ3v) is 9.23. The van der Waals surface area contributed by atoms with Gasteiger partial charge in [-0.1, -0.05) is 192 Å². The molecule has 0 aromatic rings. The van der Waals surface area contributed by atoms with Crippen LogP contribution in [0.5, 0.6) is 0 Å². The Hall–Kier alpha value is -1.62. The van der Waals surface area contributed by atoms with Crippen LogP contribution in [0.1, 0.15) is 219 Å². The van der Waals surface area contributed by atoms with Crippen molar-refractivity contribution in [3.05, 3.63) is 24.3 Å². The second-order valence-corrected chi connectivity index (χ2v) is 14.1. The minimum Gasteiger partial charge on any atom is -0.462 e. The van der Waals surface area contributed by atoms with Gasteiger partial charge >= 0.3 is 11.9 Å². The van der Waals surface area contributed by atoms with E-state index in [4.69, 9.17) is 9.47 Å². The highest BCUT2D eigenvalue weighted by Gasteiger charge is 2.16. The Morgan fingerprint density at radius 2 is 0.875 bits per heavy atom. The molecule has 1 N–H and O–H groups in total. The molecule has 0 saturated carbocycles. The molecule has 0 rings (SSSR count). The molecular formula is C43H80O5. The van der Waals surface area contributed by atoms with Gasteiger partial charge in [0.15, 0.2) is 6.10 Å². The molecule has 48 heavy (non-hydrogen) atoms. The number of aliphatic hydroxyl groups excluding tert-OH is 1. The summed E-state index contributed by atoms with van der Waals surface area (Å²) in [5, 5.41) is 9.55. The lowest BCUT2D eigenvalue weighted by atomic mass is 10.0. The summed E-state index contributed by atoms with van der Waals surface area (Å²) in [7, 11) is 0. The first-order valence-electron chi connectivity index (χ1n) is 20.9. The average Bonchev–Trinajstić information content (AvgIpc) is 3.09. The Kier molecular flexibility index (Phi) is 38.5. The van der Waals surface area contributed by atoms with Crippen molar-refractivity contribution in [1.82, 2.24) is 0 Å². The summed E-state index contributed by atoms with van der Waals surface area (Å²) in [5.74, 6) is -0.599. The van der Waals surface area contributed by atoms with E-state index in [0.717, 1.165) is 57.8 Å². The molecule has 5 nitrogen and oxygen atoms in total. The molecule has 0 amide bonds. The fraction of sp³-hybridized carbons (Fsp3) is 0.860. The highest BCUT2D eigenvalue weighted by molar-refractivity contribution is 5.70. The van der Waals surface area contributed by atoms with Crippen molar-refractivity contribution in [3.8, 4) is 0 Å². The molecule has 0 heterocycles. The molecule has 1 unspecified atom stereocenters. The summed E-state index contributed by atoms with van der Waals surface area (Å²) < 4.78 is 10.6. The van der Waals surface area contributed by atoms with Crippen molar-refractivity contribution in [3.63, 3.8) is 0 Å². The number of allylic oxidation sites excluding steroid dienone is 4. The van der Waals surface area contributed by atoms with Gasteiger partial charge in [0.2, 0.25) is 0 Å². The SMILES string of the molecule is CCC/C=C\C/C=C\CCCCCCCC(=O)OC(CO)COC(=O)CCCCCCCCCCCCCCCCCCCCCCC. The monoisotopic (exact) mass is 677 g/mol. The third-order valence-electron chi connectivity index (χ3n) is 9.23. The molecule has 0 aromatic carbocycles. The zero-order valence-electron chi connectivity index (χ0n) is 32.0. The first-order valence-corrected chi connectivity index (χ1v) is 20.9. The van der Waals surface area contributed by atoms with Crippen LogP contribution in [0.15, 0.2) is 24.3 Å². The van der Waals surface area contributed by atoms with Gasteiger partial charge in [-0.2, -0.15) is 0 Å². The van der Waals surface area contributed by atoms with Crippen LogP contribution >= 0.6 is 0 Å².